The van der Waals surface area contributed by atoms with Crippen molar-refractivity contribution in [3.05, 3.63) is 47.9 Å². The number of carbonyl (C=O) groups excluding carboxylic acids is 1. The summed E-state index contributed by atoms with van der Waals surface area (Å²) in [6.45, 7) is 0. The van der Waals surface area contributed by atoms with Crippen LogP contribution in [0.2, 0.25) is 0 Å². The molecule has 16 heavy (non-hydrogen) atoms. The molecule has 2 aromatic rings. The number of amides is 1. The third-order valence-corrected chi connectivity index (χ3v) is 1.97. The van der Waals surface area contributed by atoms with E-state index in [1.165, 1.54) is 12.3 Å². The van der Waals surface area contributed by atoms with Gasteiger partial charge in [0.2, 0.25) is 0 Å². The third-order valence-electron chi connectivity index (χ3n) is 1.97. The number of aromatic amines is 1. The highest BCUT2D eigenvalue weighted by atomic mass is 16.1. The number of carbonyl (C=O) groups is 1. The molecule has 0 aliphatic rings. The minimum absolute atomic E-state index is 0.216. The molecule has 1 amide bonds. The Hall–Kier alpha value is -2.61. The zero-order valence-electron chi connectivity index (χ0n) is 8.27. The van der Waals surface area contributed by atoms with Crippen LogP contribution in [0.1, 0.15) is 16.1 Å². The average Bonchev–Trinajstić information content (AvgIpc) is 2.82. The Morgan fingerprint density at radius 2 is 2.38 bits per heavy atom. The number of nitriles is 1. The molecule has 0 saturated carbocycles. The van der Waals surface area contributed by atoms with Crippen molar-refractivity contribution in [1.29, 1.82) is 5.26 Å². The Balaban J connectivity index is 2.18. The molecule has 0 aliphatic carbocycles. The van der Waals surface area contributed by atoms with Gasteiger partial charge in [0.1, 0.15) is 11.5 Å². The van der Waals surface area contributed by atoms with E-state index in [-0.39, 0.29) is 11.6 Å². The summed E-state index contributed by atoms with van der Waals surface area (Å²) < 4.78 is 0. The van der Waals surface area contributed by atoms with Gasteiger partial charge < -0.3 is 10.3 Å². The van der Waals surface area contributed by atoms with Crippen LogP contribution >= 0.6 is 0 Å². The maximum atomic E-state index is 11.7. The van der Waals surface area contributed by atoms with E-state index >= 15 is 0 Å². The van der Waals surface area contributed by atoms with Crippen LogP contribution in [0, 0.1) is 11.3 Å². The Kier molecular flexibility index (Phi) is 2.65. The molecule has 0 spiro atoms. The molecule has 78 valence electrons. The number of hydrogen-bond acceptors (Lipinski definition) is 3. The van der Waals surface area contributed by atoms with E-state index in [0.29, 0.717) is 11.4 Å². The molecule has 0 saturated heterocycles. The van der Waals surface area contributed by atoms with E-state index in [1.54, 1.807) is 24.4 Å². The van der Waals surface area contributed by atoms with Crippen LogP contribution in [0.4, 0.5) is 5.82 Å². The van der Waals surface area contributed by atoms with Gasteiger partial charge in [-0.1, -0.05) is 0 Å². The van der Waals surface area contributed by atoms with E-state index in [1.807, 2.05) is 6.07 Å². The molecule has 0 bridgehead atoms. The van der Waals surface area contributed by atoms with Crippen LogP contribution in [-0.4, -0.2) is 15.9 Å². The quantitative estimate of drug-likeness (QED) is 0.792. The smallest absolute Gasteiger partial charge is 0.275 e. The van der Waals surface area contributed by atoms with Crippen LogP contribution in [0.3, 0.4) is 0 Å². The van der Waals surface area contributed by atoms with Crippen molar-refractivity contribution in [1.82, 2.24) is 9.97 Å². The monoisotopic (exact) mass is 212 g/mol. The number of nitrogens with one attached hydrogen (secondary N) is 2. The summed E-state index contributed by atoms with van der Waals surface area (Å²) in [5, 5.41) is 11.3. The number of anilines is 1. The lowest BCUT2D eigenvalue weighted by molar-refractivity contribution is 0.102. The fraction of sp³-hybridized carbons (Fsp3) is 0. The predicted molar refractivity (Wildman–Crippen MR) is 57.7 cm³/mol. The zero-order chi connectivity index (χ0) is 11.4. The Labute approximate surface area is 91.8 Å². The first-order valence-corrected chi connectivity index (χ1v) is 4.60. The summed E-state index contributed by atoms with van der Waals surface area (Å²) in [5.41, 5.74) is 0.625. The Bertz CT molecular complexity index is 539. The van der Waals surface area contributed by atoms with Gasteiger partial charge in [-0.3, -0.25) is 9.78 Å². The van der Waals surface area contributed by atoms with Crippen LogP contribution in [0.15, 0.2) is 36.7 Å². The molecule has 0 unspecified atom stereocenters. The summed E-state index contributed by atoms with van der Waals surface area (Å²) in [5.74, 6) is 0.244. The van der Waals surface area contributed by atoms with E-state index in [0.717, 1.165) is 0 Å². The molecule has 5 nitrogen and oxygen atoms in total. The van der Waals surface area contributed by atoms with Gasteiger partial charge in [-0.15, -0.1) is 0 Å². The van der Waals surface area contributed by atoms with Crippen LogP contribution < -0.4 is 5.32 Å². The van der Waals surface area contributed by atoms with Crippen molar-refractivity contribution in [3.8, 4) is 6.07 Å². The van der Waals surface area contributed by atoms with Gasteiger partial charge in [-0.25, -0.2) is 0 Å². The predicted octanol–water partition coefficient (Wildman–Crippen LogP) is 1.53. The highest BCUT2D eigenvalue weighted by Crippen LogP contribution is 2.05. The largest absolute Gasteiger partial charge is 0.348 e. The van der Waals surface area contributed by atoms with Gasteiger partial charge in [-0.2, -0.15) is 5.26 Å². The van der Waals surface area contributed by atoms with E-state index in [2.05, 4.69) is 15.3 Å². The number of nitrogens with zero attached hydrogens (tertiary/aromatic N) is 2. The maximum absolute atomic E-state index is 11.7. The van der Waals surface area contributed by atoms with E-state index in [4.69, 9.17) is 5.26 Å². The van der Waals surface area contributed by atoms with Gasteiger partial charge >= 0.3 is 0 Å². The second kappa shape index (κ2) is 4.28. The average molecular weight is 212 g/mol. The van der Waals surface area contributed by atoms with Crippen LogP contribution in [0.25, 0.3) is 0 Å². The molecule has 0 fully saturated rings. The van der Waals surface area contributed by atoms with Crippen molar-refractivity contribution in [2.24, 2.45) is 0 Å². The van der Waals surface area contributed by atoms with Crippen molar-refractivity contribution in [2.45, 2.75) is 0 Å². The number of aromatic nitrogens is 2. The SMILES string of the molecule is N#Cc1ccnc(C(=O)Nc2ccc[nH]2)c1. The number of H-pyrrole nitrogens is 1. The molecule has 2 rings (SSSR count). The fourth-order valence-corrected chi connectivity index (χ4v) is 1.22. The molecule has 0 aromatic carbocycles. The number of pyridine rings is 1. The lowest BCUT2D eigenvalue weighted by atomic mass is 10.2. The summed E-state index contributed by atoms with van der Waals surface area (Å²) >= 11 is 0. The normalized spacial score (nSPS) is 9.44. The second-order valence-electron chi connectivity index (χ2n) is 3.08. The van der Waals surface area contributed by atoms with Crippen LogP contribution in [-0.2, 0) is 0 Å². The van der Waals surface area contributed by atoms with Crippen molar-refractivity contribution in [2.75, 3.05) is 5.32 Å². The number of rotatable bonds is 2. The Morgan fingerprint density at radius 3 is 3.06 bits per heavy atom. The standard InChI is InChI=1S/C11H8N4O/c12-7-8-3-5-13-9(6-8)11(16)15-10-2-1-4-14-10/h1-6,14H,(H,15,16). The van der Waals surface area contributed by atoms with Gasteiger partial charge in [0.25, 0.3) is 5.91 Å². The van der Waals surface area contributed by atoms with E-state index < -0.39 is 0 Å². The molecular weight excluding hydrogens is 204 g/mol. The summed E-state index contributed by atoms with van der Waals surface area (Å²) in [6, 6.07) is 8.44. The van der Waals surface area contributed by atoms with Crippen LogP contribution in [0.5, 0.6) is 0 Å². The van der Waals surface area contributed by atoms with Crippen molar-refractivity contribution >= 4 is 11.7 Å². The molecule has 2 heterocycles. The molecule has 0 atom stereocenters. The first kappa shape index (κ1) is 9.93. The van der Waals surface area contributed by atoms with Gasteiger partial charge in [-0.05, 0) is 24.3 Å². The molecular formula is C11H8N4O. The zero-order valence-corrected chi connectivity index (χ0v) is 8.27. The molecule has 2 aromatic heterocycles. The molecule has 2 N–H and O–H groups in total. The lowest BCUT2D eigenvalue weighted by Crippen LogP contribution is -2.13. The van der Waals surface area contributed by atoms with E-state index in [9.17, 15) is 4.79 Å². The Morgan fingerprint density at radius 1 is 1.50 bits per heavy atom. The van der Waals surface area contributed by atoms with Gasteiger partial charge in [0, 0.05) is 12.4 Å². The summed E-state index contributed by atoms with van der Waals surface area (Å²) in [6.07, 6.45) is 3.14. The first-order valence-electron chi connectivity index (χ1n) is 4.60. The second-order valence-corrected chi connectivity index (χ2v) is 3.08. The highest BCUT2D eigenvalue weighted by Gasteiger charge is 2.08. The minimum atomic E-state index is -0.348. The topological polar surface area (TPSA) is 81.6 Å². The van der Waals surface area contributed by atoms with Gasteiger partial charge in [0.05, 0.1) is 11.6 Å². The molecule has 0 radical (unpaired) electrons. The maximum Gasteiger partial charge on any atom is 0.275 e. The molecule has 5 heteroatoms. The van der Waals surface area contributed by atoms with Crippen molar-refractivity contribution < 1.29 is 4.79 Å². The first-order chi connectivity index (χ1) is 7.79. The van der Waals surface area contributed by atoms with Crippen molar-refractivity contribution in [3.63, 3.8) is 0 Å². The summed E-state index contributed by atoms with van der Waals surface area (Å²) in [7, 11) is 0. The summed E-state index contributed by atoms with van der Waals surface area (Å²) in [4.78, 5) is 18.4. The third kappa shape index (κ3) is 2.07. The van der Waals surface area contributed by atoms with Gasteiger partial charge in [0.15, 0.2) is 0 Å². The highest BCUT2D eigenvalue weighted by molar-refractivity contribution is 6.02. The fourth-order valence-electron chi connectivity index (χ4n) is 1.22. The minimum Gasteiger partial charge on any atom is -0.348 e. The number of hydrogen-bond donors (Lipinski definition) is 2. The molecule has 0 aliphatic heterocycles. The lowest BCUT2D eigenvalue weighted by Gasteiger charge is -2.01.